The SMILES string of the molecule is CC(=O)Cc1cc2c(cc1Cl)OCO2. The van der Waals surface area contributed by atoms with Crippen LogP contribution in [0.4, 0.5) is 0 Å². The quantitative estimate of drug-likeness (QED) is 0.754. The summed E-state index contributed by atoms with van der Waals surface area (Å²) in [7, 11) is 0. The van der Waals surface area contributed by atoms with Gasteiger partial charge in [0.1, 0.15) is 5.78 Å². The van der Waals surface area contributed by atoms with Crippen molar-refractivity contribution in [2.24, 2.45) is 0 Å². The van der Waals surface area contributed by atoms with Crippen molar-refractivity contribution >= 4 is 17.4 Å². The fourth-order valence-corrected chi connectivity index (χ4v) is 1.58. The number of halogens is 1. The zero-order valence-electron chi connectivity index (χ0n) is 7.67. The van der Waals surface area contributed by atoms with Gasteiger partial charge in [-0.25, -0.2) is 0 Å². The highest BCUT2D eigenvalue weighted by Crippen LogP contribution is 2.36. The van der Waals surface area contributed by atoms with Crippen molar-refractivity contribution in [1.82, 2.24) is 0 Å². The number of hydrogen-bond acceptors (Lipinski definition) is 3. The van der Waals surface area contributed by atoms with Gasteiger partial charge in [0.05, 0.1) is 0 Å². The average Bonchev–Trinajstić information content (AvgIpc) is 2.51. The minimum atomic E-state index is 0.0748. The van der Waals surface area contributed by atoms with E-state index in [1.807, 2.05) is 0 Å². The Kier molecular flexibility index (Phi) is 2.33. The second-order valence-corrected chi connectivity index (χ2v) is 3.58. The van der Waals surface area contributed by atoms with Crippen LogP contribution in [0.15, 0.2) is 12.1 Å². The first-order chi connectivity index (χ1) is 6.66. The summed E-state index contributed by atoms with van der Waals surface area (Å²) in [6, 6.07) is 3.44. The second-order valence-electron chi connectivity index (χ2n) is 3.18. The molecule has 0 unspecified atom stereocenters. The topological polar surface area (TPSA) is 35.5 Å². The Hall–Kier alpha value is -1.22. The van der Waals surface area contributed by atoms with E-state index < -0.39 is 0 Å². The molecule has 0 aliphatic carbocycles. The molecule has 0 bridgehead atoms. The van der Waals surface area contributed by atoms with Gasteiger partial charge in [-0.1, -0.05) is 11.6 Å². The summed E-state index contributed by atoms with van der Waals surface area (Å²) in [5.41, 5.74) is 0.781. The Morgan fingerprint density at radius 2 is 2.07 bits per heavy atom. The molecule has 1 aliphatic heterocycles. The van der Waals surface area contributed by atoms with Crippen LogP contribution in [-0.4, -0.2) is 12.6 Å². The molecule has 4 heteroatoms. The largest absolute Gasteiger partial charge is 0.454 e. The average molecular weight is 213 g/mol. The fourth-order valence-electron chi connectivity index (χ4n) is 1.36. The minimum Gasteiger partial charge on any atom is -0.454 e. The van der Waals surface area contributed by atoms with Crippen LogP contribution in [0.3, 0.4) is 0 Å². The molecule has 0 atom stereocenters. The lowest BCUT2D eigenvalue weighted by Crippen LogP contribution is -1.97. The maximum atomic E-state index is 10.9. The standard InChI is InChI=1S/C10H9ClO3/c1-6(12)2-7-3-9-10(4-8(7)11)14-5-13-9/h3-4H,2,5H2,1H3. The van der Waals surface area contributed by atoms with Gasteiger partial charge < -0.3 is 9.47 Å². The van der Waals surface area contributed by atoms with Gasteiger partial charge in [-0.2, -0.15) is 0 Å². The Morgan fingerprint density at radius 1 is 1.43 bits per heavy atom. The summed E-state index contributed by atoms with van der Waals surface area (Å²) in [5.74, 6) is 1.37. The molecular weight excluding hydrogens is 204 g/mol. The molecule has 2 rings (SSSR count). The van der Waals surface area contributed by atoms with Crippen LogP contribution < -0.4 is 9.47 Å². The molecule has 0 fully saturated rings. The van der Waals surface area contributed by atoms with Crippen LogP contribution in [-0.2, 0) is 11.2 Å². The van der Waals surface area contributed by atoms with Crippen molar-refractivity contribution in [3.8, 4) is 11.5 Å². The molecule has 74 valence electrons. The van der Waals surface area contributed by atoms with Gasteiger partial charge in [-0.15, -0.1) is 0 Å². The summed E-state index contributed by atoms with van der Waals surface area (Å²) < 4.78 is 10.3. The summed E-state index contributed by atoms with van der Waals surface area (Å²) in [5, 5.41) is 0.546. The molecule has 3 nitrogen and oxygen atoms in total. The molecule has 0 aromatic heterocycles. The van der Waals surface area contributed by atoms with E-state index in [4.69, 9.17) is 21.1 Å². The number of carbonyl (C=O) groups excluding carboxylic acids is 1. The zero-order chi connectivity index (χ0) is 10.1. The monoisotopic (exact) mass is 212 g/mol. The maximum Gasteiger partial charge on any atom is 0.231 e. The van der Waals surface area contributed by atoms with Gasteiger partial charge >= 0.3 is 0 Å². The maximum absolute atomic E-state index is 10.9. The lowest BCUT2D eigenvalue weighted by atomic mass is 10.1. The third kappa shape index (κ3) is 1.68. The van der Waals surface area contributed by atoms with Crippen LogP contribution in [0.1, 0.15) is 12.5 Å². The number of ketones is 1. The predicted molar refractivity (Wildman–Crippen MR) is 52.0 cm³/mol. The molecule has 1 aromatic carbocycles. The van der Waals surface area contributed by atoms with E-state index in [1.54, 1.807) is 12.1 Å². The molecule has 0 saturated carbocycles. The highest BCUT2D eigenvalue weighted by molar-refractivity contribution is 6.31. The van der Waals surface area contributed by atoms with Gasteiger partial charge in [0.25, 0.3) is 0 Å². The van der Waals surface area contributed by atoms with E-state index in [2.05, 4.69) is 0 Å². The fraction of sp³-hybridized carbons (Fsp3) is 0.300. The Bertz CT molecular complexity index is 387. The van der Waals surface area contributed by atoms with Crippen LogP contribution in [0.25, 0.3) is 0 Å². The Balaban J connectivity index is 2.37. The van der Waals surface area contributed by atoms with Crippen molar-refractivity contribution < 1.29 is 14.3 Å². The lowest BCUT2D eigenvalue weighted by molar-refractivity contribution is -0.116. The van der Waals surface area contributed by atoms with Gasteiger partial charge in [0.2, 0.25) is 6.79 Å². The second kappa shape index (κ2) is 3.50. The molecule has 14 heavy (non-hydrogen) atoms. The lowest BCUT2D eigenvalue weighted by Gasteiger charge is -2.03. The highest BCUT2D eigenvalue weighted by atomic mass is 35.5. The Labute approximate surface area is 86.6 Å². The number of rotatable bonds is 2. The van der Waals surface area contributed by atoms with Crippen molar-refractivity contribution in [2.45, 2.75) is 13.3 Å². The van der Waals surface area contributed by atoms with Crippen molar-refractivity contribution in [3.05, 3.63) is 22.7 Å². The first-order valence-electron chi connectivity index (χ1n) is 4.24. The third-order valence-electron chi connectivity index (χ3n) is 1.98. The highest BCUT2D eigenvalue weighted by Gasteiger charge is 2.16. The van der Waals surface area contributed by atoms with Gasteiger partial charge in [0.15, 0.2) is 11.5 Å². The normalized spacial score (nSPS) is 13.0. The number of carbonyl (C=O) groups is 1. The van der Waals surface area contributed by atoms with Crippen LogP contribution in [0.2, 0.25) is 5.02 Å². The number of hydrogen-bond donors (Lipinski definition) is 0. The molecule has 0 spiro atoms. The number of benzene rings is 1. The first-order valence-corrected chi connectivity index (χ1v) is 4.62. The molecule has 1 aliphatic rings. The summed E-state index contributed by atoms with van der Waals surface area (Å²) in [6.45, 7) is 1.75. The number of fused-ring (bicyclic) bond motifs is 1. The van der Waals surface area contributed by atoms with Gasteiger partial charge in [-0.3, -0.25) is 4.79 Å². The molecule has 0 amide bonds. The molecule has 0 N–H and O–H groups in total. The van der Waals surface area contributed by atoms with Crippen molar-refractivity contribution in [3.63, 3.8) is 0 Å². The first kappa shape index (κ1) is 9.34. The molecule has 0 saturated heterocycles. The summed E-state index contributed by atoms with van der Waals surface area (Å²) >= 11 is 5.96. The number of ether oxygens (including phenoxy) is 2. The molecule has 1 heterocycles. The Morgan fingerprint density at radius 3 is 2.71 bits per heavy atom. The molecule has 0 radical (unpaired) electrons. The third-order valence-corrected chi connectivity index (χ3v) is 2.33. The number of Topliss-reactive ketones (excluding diaryl/α,β-unsaturated/α-hetero) is 1. The van der Waals surface area contributed by atoms with Crippen LogP contribution in [0, 0.1) is 0 Å². The van der Waals surface area contributed by atoms with E-state index in [0.29, 0.717) is 22.9 Å². The summed E-state index contributed by atoms with van der Waals surface area (Å²) in [6.07, 6.45) is 0.329. The van der Waals surface area contributed by atoms with E-state index in [9.17, 15) is 4.79 Å². The molecular formula is C10H9ClO3. The molecule has 1 aromatic rings. The predicted octanol–water partition coefficient (Wildman–Crippen LogP) is 2.20. The van der Waals surface area contributed by atoms with Gasteiger partial charge in [-0.05, 0) is 18.6 Å². The van der Waals surface area contributed by atoms with E-state index in [-0.39, 0.29) is 12.6 Å². The minimum absolute atomic E-state index is 0.0748. The van der Waals surface area contributed by atoms with E-state index in [0.717, 1.165) is 5.56 Å². The summed E-state index contributed by atoms with van der Waals surface area (Å²) in [4.78, 5) is 10.9. The van der Waals surface area contributed by atoms with E-state index >= 15 is 0 Å². The smallest absolute Gasteiger partial charge is 0.231 e. The van der Waals surface area contributed by atoms with E-state index in [1.165, 1.54) is 6.92 Å². The van der Waals surface area contributed by atoms with Crippen LogP contribution >= 0.6 is 11.6 Å². The van der Waals surface area contributed by atoms with Crippen molar-refractivity contribution in [1.29, 1.82) is 0 Å². The van der Waals surface area contributed by atoms with Crippen molar-refractivity contribution in [2.75, 3.05) is 6.79 Å². The zero-order valence-corrected chi connectivity index (χ0v) is 8.43. The van der Waals surface area contributed by atoms with Gasteiger partial charge in [0, 0.05) is 17.5 Å². The van der Waals surface area contributed by atoms with Crippen LogP contribution in [0.5, 0.6) is 11.5 Å².